The first kappa shape index (κ1) is 25.9. The minimum Gasteiger partial charge on any atom is -0.373 e. The number of hydrogen-bond acceptors (Lipinski definition) is 7. The minimum absolute atomic E-state index is 0.220. The molecule has 3 aromatic heterocycles. The van der Waals surface area contributed by atoms with Crippen molar-refractivity contribution in [1.29, 1.82) is 0 Å². The van der Waals surface area contributed by atoms with Crippen LogP contribution in [0.5, 0.6) is 0 Å². The molecule has 0 saturated carbocycles. The summed E-state index contributed by atoms with van der Waals surface area (Å²) in [6.07, 6.45) is 7.97. The number of likely N-dealkylation sites (N-methyl/N-ethyl adjacent to an activating group) is 1. The van der Waals surface area contributed by atoms with E-state index in [0.717, 1.165) is 71.0 Å². The van der Waals surface area contributed by atoms with Crippen LogP contribution in [0, 0.1) is 0 Å². The Morgan fingerprint density at radius 2 is 1.95 bits per heavy atom. The lowest BCUT2D eigenvalue weighted by Gasteiger charge is -2.35. The third-order valence-corrected chi connectivity index (χ3v) is 7.05. The van der Waals surface area contributed by atoms with Crippen molar-refractivity contribution in [1.82, 2.24) is 24.8 Å². The SMILES string of the molecule is C=Cc1c(Nc2ccc(N3CCOC(CN(C)C)C3)cc2)ncc(-c2ccnc3c2ccn3C)c1CNC. The van der Waals surface area contributed by atoms with Gasteiger partial charge < -0.3 is 29.7 Å². The number of ether oxygens (including phenoxy) is 1. The van der Waals surface area contributed by atoms with Crippen molar-refractivity contribution in [2.24, 2.45) is 7.05 Å². The summed E-state index contributed by atoms with van der Waals surface area (Å²) in [5, 5.41) is 7.97. The van der Waals surface area contributed by atoms with Gasteiger partial charge in [-0.05, 0) is 68.7 Å². The molecule has 1 saturated heterocycles. The van der Waals surface area contributed by atoms with Gasteiger partial charge in [0.15, 0.2) is 0 Å². The molecule has 0 bridgehead atoms. The summed E-state index contributed by atoms with van der Waals surface area (Å²) < 4.78 is 7.98. The van der Waals surface area contributed by atoms with Crippen LogP contribution in [0.25, 0.3) is 28.2 Å². The summed E-state index contributed by atoms with van der Waals surface area (Å²) in [6, 6.07) is 12.7. The summed E-state index contributed by atoms with van der Waals surface area (Å²) in [6.45, 7) is 8.29. The molecule has 38 heavy (non-hydrogen) atoms. The van der Waals surface area contributed by atoms with Crippen molar-refractivity contribution < 1.29 is 4.74 Å². The van der Waals surface area contributed by atoms with Crippen LogP contribution in [0.15, 0.2) is 61.6 Å². The van der Waals surface area contributed by atoms with Crippen molar-refractivity contribution in [3.05, 3.63) is 72.7 Å². The number of benzene rings is 1. The lowest BCUT2D eigenvalue weighted by atomic mass is 9.96. The lowest BCUT2D eigenvalue weighted by molar-refractivity contribution is 0.0248. The summed E-state index contributed by atoms with van der Waals surface area (Å²) in [5.41, 5.74) is 7.47. The first-order valence-electron chi connectivity index (χ1n) is 13.1. The molecule has 1 fully saturated rings. The average molecular weight is 512 g/mol. The molecular formula is C30H37N7O. The number of hydrogen-bond donors (Lipinski definition) is 2. The van der Waals surface area contributed by atoms with Gasteiger partial charge in [-0.2, -0.15) is 0 Å². The normalized spacial score (nSPS) is 15.8. The molecule has 0 aliphatic carbocycles. The van der Waals surface area contributed by atoms with Crippen LogP contribution in [0.2, 0.25) is 0 Å². The lowest BCUT2D eigenvalue weighted by Crippen LogP contribution is -2.46. The van der Waals surface area contributed by atoms with E-state index in [1.807, 2.05) is 43.3 Å². The Kier molecular flexibility index (Phi) is 7.74. The fourth-order valence-corrected chi connectivity index (χ4v) is 5.25. The number of aromatic nitrogens is 3. The van der Waals surface area contributed by atoms with Gasteiger partial charge in [0.2, 0.25) is 0 Å². The predicted molar refractivity (Wildman–Crippen MR) is 157 cm³/mol. The van der Waals surface area contributed by atoms with Crippen molar-refractivity contribution in [2.75, 3.05) is 57.6 Å². The van der Waals surface area contributed by atoms with Crippen LogP contribution < -0.4 is 15.5 Å². The van der Waals surface area contributed by atoms with Gasteiger partial charge in [-0.15, -0.1) is 0 Å². The Hall–Kier alpha value is -3.72. The zero-order valence-corrected chi connectivity index (χ0v) is 22.7. The maximum absolute atomic E-state index is 5.94. The molecule has 2 N–H and O–H groups in total. The monoisotopic (exact) mass is 511 g/mol. The molecule has 8 heteroatoms. The summed E-state index contributed by atoms with van der Waals surface area (Å²) in [4.78, 5) is 14.0. The van der Waals surface area contributed by atoms with E-state index >= 15 is 0 Å². The van der Waals surface area contributed by atoms with E-state index in [9.17, 15) is 0 Å². The highest BCUT2D eigenvalue weighted by atomic mass is 16.5. The molecule has 0 amide bonds. The predicted octanol–water partition coefficient (Wildman–Crippen LogP) is 4.51. The van der Waals surface area contributed by atoms with Gasteiger partial charge in [0.25, 0.3) is 0 Å². The number of morpholine rings is 1. The van der Waals surface area contributed by atoms with Crippen LogP contribution in [0.4, 0.5) is 17.2 Å². The molecule has 1 aliphatic rings. The molecule has 1 unspecified atom stereocenters. The van der Waals surface area contributed by atoms with E-state index in [4.69, 9.17) is 9.72 Å². The number of nitrogens with one attached hydrogen (secondary N) is 2. The largest absolute Gasteiger partial charge is 0.373 e. The highest BCUT2D eigenvalue weighted by Crippen LogP contribution is 2.35. The number of aryl methyl sites for hydroxylation is 1. The van der Waals surface area contributed by atoms with Gasteiger partial charge in [0.1, 0.15) is 11.5 Å². The highest BCUT2D eigenvalue weighted by Gasteiger charge is 2.21. The Bertz CT molecular complexity index is 1410. The number of pyridine rings is 2. The first-order valence-corrected chi connectivity index (χ1v) is 13.1. The highest BCUT2D eigenvalue weighted by molar-refractivity contribution is 5.95. The van der Waals surface area contributed by atoms with Crippen molar-refractivity contribution >= 4 is 34.3 Å². The van der Waals surface area contributed by atoms with E-state index in [0.29, 0.717) is 6.54 Å². The maximum Gasteiger partial charge on any atom is 0.140 e. The standard InChI is InChI=1S/C30H37N7O/c1-6-24-27(17-31-2)28(25-11-13-32-30-26(25)12-14-36(30)5)18-33-29(24)34-21-7-9-22(10-8-21)37-15-16-38-23(20-37)19-35(3)4/h6-14,18,23,31H,1,15-17,19-20H2,2-5H3,(H,33,34). The molecule has 1 aromatic carbocycles. The number of rotatable bonds is 9. The van der Waals surface area contributed by atoms with Crippen LogP contribution in [-0.4, -0.2) is 72.9 Å². The Labute approximate surface area is 225 Å². The van der Waals surface area contributed by atoms with Gasteiger partial charge in [-0.1, -0.05) is 12.7 Å². The number of anilines is 3. The van der Waals surface area contributed by atoms with E-state index < -0.39 is 0 Å². The van der Waals surface area contributed by atoms with Crippen LogP contribution in [0.1, 0.15) is 11.1 Å². The van der Waals surface area contributed by atoms with Gasteiger partial charge in [0, 0.05) is 79.7 Å². The van der Waals surface area contributed by atoms with Gasteiger partial charge in [0.05, 0.1) is 12.7 Å². The number of nitrogens with zero attached hydrogens (tertiary/aromatic N) is 5. The van der Waals surface area contributed by atoms with E-state index in [1.165, 1.54) is 5.69 Å². The molecule has 198 valence electrons. The van der Waals surface area contributed by atoms with E-state index in [2.05, 4.69) is 82.5 Å². The fourth-order valence-electron chi connectivity index (χ4n) is 5.25. The molecule has 4 heterocycles. The molecule has 0 radical (unpaired) electrons. The molecular weight excluding hydrogens is 474 g/mol. The second-order valence-electron chi connectivity index (χ2n) is 10.0. The third-order valence-electron chi connectivity index (χ3n) is 7.05. The third kappa shape index (κ3) is 5.29. The quantitative estimate of drug-likeness (QED) is 0.343. The fraction of sp³-hybridized carbons (Fsp3) is 0.333. The van der Waals surface area contributed by atoms with E-state index in [1.54, 1.807) is 0 Å². The second kappa shape index (κ2) is 11.3. The number of fused-ring (bicyclic) bond motifs is 1. The smallest absolute Gasteiger partial charge is 0.140 e. The van der Waals surface area contributed by atoms with Crippen molar-refractivity contribution in [3.8, 4) is 11.1 Å². The molecule has 5 rings (SSSR count). The first-order chi connectivity index (χ1) is 18.5. The van der Waals surface area contributed by atoms with Crippen LogP contribution in [-0.2, 0) is 18.3 Å². The Morgan fingerprint density at radius 3 is 2.68 bits per heavy atom. The van der Waals surface area contributed by atoms with Gasteiger partial charge >= 0.3 is 0 Å². The molecule has 4 aromatic rings. The zero-order valence-electron chi connectivity index (χ0n) is 22.7. The van der Waals surface area contributed by atoms with E-state index in [-0.39, 0.29) is 6.10 Å². The van der Waals surface area contributed by atoms with Gasteiger partial charge in [-0.3, -0.25) is 0 Å². The molecule has 0 spiro atoms. The van der Waals surface area contributed by atoms with Crippen molar-refractivity contribution in [3.63, 3.8) is 0 Å². The van der Waals surface area contributed by atoms with Crippen LogP contribution >= 0.6 is 0 Å². The summed E-state index contributed by atoms with van der Waals surface area (Å²) in [5.74, 6) is 0.789. The van der Waals surface area contributed by atoms with Gasteiger partial charge in [-0.25, -0.2) is 9.97 Å². The topological polar surface area (TPSA) is 70.5 Å². The minimum atomic E-state index is 0.220. The maximum atomic E-state index is 5.94. The van der Waals surface area contributed by atoms with Crippen molar-refractivity contribution in [2.45, 2.75) is 12.6 Å². The van der Waals surface area contributed by atoms with Crippen LogP contribution in [0.3, 0.4) is 0 Å². The second-order valence-corrected chi connectivity index (χ2v) is 10.0. The Morgan fingerprint density at radius 1 is 1.13 bits per heavy atom. The molecule has 8 nitrogen and oxygen atoms in total. The summed E-state index contributed by atoms with van der Waals surface area (Å²) >= 11 is 0. The average Bonchev–Trinajstić information content (AvgIpc) is 3.30. The Balaban J connectivity index is 1.42. The molecule has 1 atom stereocenters. The molecule has 1 aliphatic heterocycles. The zero-order chi connectivity index (χ0) is 26.6. The summed E-state index contributed by atoms with van der Waals surface area (Å²) in [7, 11) is 8.15.